The number of carbonyl (C=O) groups is 2. The molecule has 198 valence electrons. The van der Waals surface area contributed by atoms with E-state index in [0.29, 0.717) is 6.54 Å². The number of sulfonamides is 1. The van der Waals surface area contributed by atoms with E-state index in [4.69, 9.17) is 5.53 Å². The van der Waals surface area contributed by atoms with Gasteiger partial charge in [0.25, 0.3) is 0 Å². The Labute approximate surface area is 214 Å². The van der Waals surface area contributed by atoms with Crippen LogP contribution in [0.15, 0.2) is 58.6 Å². The molecule has 0 radical (unpaired) electrons. The number of ether oxygens (including phenoxy) is 1. The number of benzene rings is 1. The lowest BCUT2D eigenvalue weighted by Gasteiger charge is -2.19. The van der Waals surface area contributed by atoms with Gasteiger partial charge in [0.05, 0.1) is 18.6 Å². The van der Waals surface area contributed by atoms with Crippen LogP contribution in [0.1, 0.15) is 63.4 Å². The van der Waals surface area contributed by atoms with E-state index in [1.165, 1.54) is 51.0 Å². The van der Waals surface area contributed by atoms with E-state index in [2.05, 4.69) is 14.8 Å². The number of allylic oxidation sites excluding steroid dienone is 3. The number of hydrogen-bond acceptors (Lipinski definition) is 6. The Bertz CT molecular complexity index is 1010. The monoisotopic (exact) mass is 518 g/mol. The van der Waals surface area contributed by atoms with Crippen molar-refractivity contribution in [3.8, 4) is 0 Å². The minimum absolute atomic E-state index is 0.0130. The first-order valence-corrected chi connectivity index (χ1v) is 13.8. The zero-order chi connectivity index (χ0) is 26.7. The lowest BCUT2D eigenvalue weighted by Crippen LogP contribution is -2.39. The standard InChI is InChI=1S/C26H38N4O5S/c1-23-16-18-25(19-17-23)36(33,34)30(22-26(32)35-2)21-24(31)15-13-11-9-7-5-3-4-6-8-10-12-14-20-28-29-27/h9,11,13,15-19H,3-8,10,12,14,20-22H2,1-2H3/b11-9+,15-13+. The van der Waals surface area contributed by atoms with Gasteiger partial charge in [-0.05, 0) is 49.9 Å². The fourth-order valence-corrected chi connectivity index (χ4v) is 4.76. The van der Waals surface area contributed by atoms with E-state index < -0.39 is 34.9 Å². The number of hydrogen-bond donors (Lipinski definition) is 0. The van der Waals surface area contributed by atoms with E-state index in [1.807, 2.05) is 13.0 Å². The second kappa shape index (κ2) is 18.3. The third-order valence-electron chi connectivity index (χ3n) is 5.50. The molecule has 1 aromatic rings. The SMILES string of the molecule is COC(=O)CN(CC(=O)/C=C/C=C/CCCCCCCCCCN=[N+]=[N-])S(=O)(=O)c1ccc(C)cc1. The van der Waals surface area contributed by atoms with Crippen LogP contribution in [0.4, 0.5) is 0 Å². The minimum Gasteiger partial charge on any atom is -0.468 e. The zero-order valence-corrected chi connectivity index (χ0v) is 22.2. The summed E-state index contributed by atoms with van der Waals surface area (Å²) in [5.74, 6) is -1.17. The fraction of sp³-hybridized carbons (Fsp3) is 0.538. The van der Waals surface area contributed by atoms with Crippen LogP contribution in [0, 0.1) is 6.92 Å². The van der Waals surface area contributed by atoms with Crippen molar-refractivity contribution >= 4 is 21.8 Å². The number of carbonyl (C=O) groups excluding carboxylic acids is 2. The number of nitrogens with zero attached hydrogens (tertiary/aromatic N) is 4. The van der Waals surface area contributed by atoms with Crippen molar-refractivity contribution in [2.75, 3.05) is 26.7 Å². The van der Waals surface area contributed by atoms with Crippen LogP contribution in [-0.2, 0) is 24.3 Å². The highest BCUT2D eigenvalue weighted by Gasteiger charge is 2.28. The Balaban J connectivity index is 2.40. The summed E-state index contributed by atoms with van der Waals surface area (Å²) in [6.45, 7) is 1.42. The molecule has 0 N–H and O–H groups in total. The highest BCUT2D eigenvalue weighted by molar-refractivity contribution is 7.89. The molecule has 0 aliphatic heterocycles. The Hall–Kier alpha value is -2.94. The molecule has 0 bridgehead atoms. The van der Waals surface area contributed by atoms with Crippen molar-refractivity contribution in [2.24, 2.45) is 5.11 Å². The van der Waals surface area contributed by atoms with E-state index in [-0.39, 0.29) is 4.90 Å². The van der Waals surface area contributed by atoms with Crippen LogP contribution in [0.2, 0.25) is 0 Å². The quantitative estimate of drug-likeness (QED) is 0.0443. The third kappa shape index (κ3) is 13.2. The van der Waals surface area contributed by atoms with Gasteiger partial charge in [-0.2, -0.15) is 4.31 Å². The van der Waals surface area contributed by atoms with Crippen molar-refractivity contribution < 1.29 is 22.7 Å². The summed E-state index contributed by atoms with van der Waals surface area (Å²) in [4.78, 5) is 26.9. The van der Waals surface area contributed by atoms with Gasteiger partial charge in [-0.1, -0.05) is 79.6 Å². The Morgan fingerprint density at radius 3 is 2.19 bits per heavy atom. The average molecular weight is 519 g/mol. The number of ketones is 1. The topological polar surface area (TPSA) is 130 Å². The fourth-order valence-electron chi connectivity index (χ4n) is 3.41. The van der Waals surface area contributed by atoms with Crippen LogP contribution in [-0.4, -0.2) is 51.2 Å². The molecule has 0 heterocycles. The Morgan fingerprint density at radius 1 is 0.972 bits per heavy atom. The van der Waals surface area contributed by atoms with E-state index in [0.717, 1.165) is 42.0 Å². The summed E-state index contributed by atoms with van der Waals surface area (Å²) < 4.78 is 31.3. The summed E-state index contributed by atoms with van der Waals surface area (Å²) >= 11 is 0. The lowest BCUT2D eigenvalue weighted by molar-refractivity contribution is -0.140. The maximum Gasteiger partial charge on any atom is 0.321 e. The maximum atomic E-state index is 13.0. The second-order valence-electron chi connectivity index (χ2n) is 8.49. The summed E-state index contributed by atoms with van der Waals surface area (Å²) in [5.41, 5.74) is 9.11. The van der Waals surface area contributed by atoms with Crippen LogP contribution in [0.5, 0.6) is 0 Å². The molecule has 1 aromatic carbocycles. The molecule has 0 fully saturated rings. The van der Waals surface area contributed by atoms with Crippen molar-refractivity contribution in [2.45, 2.75) is 69.6 Å². The molecule has 0 saturated heterocycles. The first-order valence-electron chi connectivity index (χ1n) is 12.3. The Kier molecular flexibility index (Phi) is 15.8. The molecule has 0 unspecified atom stereocenters. The summed E-state index contributed by atoms with van der Waals surface area (Å²) in [5, 5.41) is 3.53. The van der Waals surface area contributed by atoms with Crippen LogP contribution >= 0.6 is 0 Å². The van der Waals surface area contributed by atoms with Gasteiger partial charge in [0.2, 0.25) is 10.0 Å². The van der Waals surface area contributed by atoms with E-state index >= 15 is 0 Å². The smallest absolute Gasteiger partial charge is 0.321 e. The van der Waals surface area contributed by atoms with Gasteiger partial charge in [0, 0.05) is 11.5 Å². The number of esters is 1. The lowest BCUT2D eigenvalue weighted by atomic mass is 10.1. The molecular formula is C26H38N4O5S. The predicted octanol–water partition coefficient (Wildman–Crippen LogP) is 5.66. The Morgan fingerprint density at radius 2 is 1.58 bits per heavy atom. The molecular weight excluding hydrogens is 480 g/mol. The molecule has 0 aliphatic carbocycles. The van der Waals surface area contributed by atoms with Crippen molar-refractivity contribution in [1.82, 2.24) is 4.31 Å². The van der Waals surface area contributed by atoms with E-state index in [9.17, 15) is 18.0 Å². The average Bonchev–Trinajstić information content (AvgIpc) is 2.86. The van der Waals surface area contributed by atoms with Crippen LogP contribution < -0.4 is 0 Å². The molecule has 36 heavy (non-hydrogen) atoms. The van der Waals surface area contributed by atoms with Crippen LogP contribution in [0.3, 0.4) is 0 Å². The summed E-state index contributed by atoms with van der Waals surface area (Å²) in [6.07, 6.45) is 16.6. The van der Waals surface area contributed by atoms with Gasteiger partial charge in [-0.3, -0.25) is 9.59 Å². The summed E-state index contributed by atoms with van der Waals surface area (Å²) in [7, 11) is -2.87. The largest absolute Gasteiger partial charge is 0.468 e. The molecule has 0 spiro atoms. The van der Waals surface area contributed by atoms with Crippen molar-refractivity contribution in [3.63, 3.8) is 0 Å². The van der Waals surface area contributed by atoms with E-state index in [1.54, 1.807) is 24.3 Å². The number of rotatable bonds is 19. The minimum atomic E-state index is -4.04. The number of methoxy groups -OCH3 is 1. The number of unbranched alkanes of at least 4 members (excludes halogenated alkanes) is 8. The first-order chi connectivity index (χ1) is 17.3. The second-order valence-corrected chi connectivity index (χ2v) is 10.4. The third-order valence-corrected chi connectivity index (χ3v) is 7.30. The van der Waals surface area contributed by atoms with Gasteiger partial charge in [0.15, 0.2) is 5.78 Å². The molecule has 0 amide bonds. The summed E-state index contributed by atoms with van der Waals surface area (Å²) in [6, 6.07) is 6.22. The number of azide groups is 1. The molecule has 0 aromatic heterocycles. The predicted molar refractivity (Wildman–Crippen MR) is 141 cm³/mol. The van der Waals surface area contributed by atoms with Gasteiger partial charge in [-0.15, -0.1) is 0 Å². The maximum absolute atomic E-state index is 13.0. The van der Waals surface area contributed by atoms with Gasteiger partial charge < -0.3 is 4.74 Å². The van der Waals surface area contributed by atoms with Gasteiger partial charge >= 0.3 is 5.97 Å². The number of aryl methyl sites for hydroxylation is 1. The highest BCUT2D eigenvalue weighted by Crippen LogP contribution is 2.16. The molecule has 1 rings (SSSR count). The molecule has 0 saturated carbocycles. The molecule has 0 atom stereocenters. The van der Waals surface area contributed by atoms with Gasteiger partial charge in [-0.25, -0.2) is 8.42 Å². The highest BCUT2D eigenvalue weighted by atomic mass is 32.2. The molecule has 9 nitrogen and oxygen atoms in total. The molecule has 0 aliphatic rings. The zero-order valence-electron chi connectivity index (χ0n) is 21.3. The van der Waals surface area contributed by atoms with Crippen molar-refractivity contribution in [3.05, 3.63) is 64.6 Å². The normalized spacial score (nSPS) is 11.8. The first kappa shape index (κ1) is 31.1. The van der Waals surface area contributed by atoms with Crippen molar-refractivity contribution in [1.29, 1.82) is 0 Å². The molecule has 10 heteroatoms. The van der Waals surface area contributed by atoms with Crippen LogP contribution in [0.25, 0.3) is 10.4 Å². The van der Waals surface area contributed by atoms with Gasteiger partial charge in [0.1, 0.15) is 6.54 Å².